The Morgan fingerprint density at radius 3 is 2.41 bits per heavy atom. The van der Waals surface area contributed by atoms with Crippen molar-refractivity contribution in [3.8, 4) is 0 Å². The van der Waals surface area contributed by atoms with Gasteiger partial charge in [-0.3, -0.25) is 0 Å². The fourth-order valence-electron chi connectivity index (χ4n) is 1.87. The molecule has 0 aliphatic rings. The third kappa shape index (κ3) is 5.54. The summed E-state index contributed by atoms with van der Waals surface area (Å²) >= 11 is 7.10. The minimum Gasteiger partial charge on any atom is -0.385 e. The van der Waals surface area contributed by atoms with Crippen molar-refractivity contribution in [1.82, 2.24) is 0 Å². The van der Waals surface area contributed by atoms with Gasteiger partial charge in [0.1, 0.15) is 0 Å². The molecule has 0 aliphatic carbocycles. The Kier molecular flexibility index (Phi) is 7.40. The zero-order valence-electron chi connectivity index (χ0n) is 10.5. The lowest BCUT2D eigenvalue weighted by Crippen LogP contribution is -2.17. The van der Waals surface area contributed by atoms with Gasteiger partial charge in [0.05, 0.1) is 0 Å². The fraction of sp³-hybridized carbons (Fsp3) is 0.571. The molecule has 1 aromatic rings. The van der Waals surface area contributed by atoms with Crippen molar-refractivity contribution in [1.29, 1.82) is 0 Å². The molecule has 0 aliphatic heterocycles. The minimum atomic E-state index is 0.673. The van der Waals surface area contributed by atoms with Crippen LogP contribution in [0.15, 0.2) is 28.7 Å². The first-order valence-corrected chi connectivity index (χ1v) is 7.88. The molecule has 2 unspecified atom stereocenters. The molecular formula is C14H20Br2O. The van der Waals surface area contributed by atoms with Gasteiger partial charge in [-0.2, -0.15) is 0 Å². The second-order valence-electron chi connectivity index (χ2n) is 4.50. The summed E-state index contributed by atoms with van der Waals surface area (Å²) in [5.74, 6) is 1.35. The van der Waals surface area contributed by atoms with Crippen LogP contribution in [0.5, 0.6) is 0 Å². The predicted molar refractivity (Wildman–Crippen MR) is 80.8 cm³/mol. The Morgan fingerprint density at radius 2 is 1.88 bits per heavy atom. The van der Waals surface area contributed by atoms with Gasteiger partial charge in [0, 0.05) is 23.5 Å². The molecule has 0 amide bonds. The first-order chi connectivity index (χ1) is 8.17. The summed E-state index contributed by atoms with van der Waals surface area (Å²) in [4.78, 5) is 0. The molecule has 17 heavy (non-hydrogen) atoms. The van der Waals surface area contributed by atoms with Crippen LogP contribution in [0.4, 0.5) is 0 Å². The summed E-state index contributed by atoms with van der Waals surface area (Å²) in [6.45, 7) is 3.16. The van der Waals surface area contributed by atoms with Gasteiger partial charge in [0.15, 0.2) is 0 Å². The lowest BCUT2D eigenvalue weighted by Gasteiger charge is -2.22. The van der Waals surface area contributed by atoms with Crippen molar-refractivity contribution < 1.29 is 4.74 Å². The summed E-state index contributed by atoms with van der Waals surface area (Å²) in [6.07, 6.45) is 2.26. The van der Waals surface area contributed by atoms with Crippen molar-refractivity contribution in [2.75, 3.05) is 19.0 Å². The largest absolute Gasteiger partial charge is 0.385 e. The van der Waals surface area contributed by atoms with E-state index in [1.807, 2.05) is 0 Å². The lowest BCUT2D eigenvalue weighted by molar-refractivity contribution is 0.168. The van der Waals surface area contributed by atoms with Gasteiger partial charge >= 0.3 is 0 Å². The van der Waals surface area contributed by atoms with Gasteiger partial charge < -0.3 is 4.74 Å². The molecule has 1 aromatic carbocycles. The molecule has 0 saturated heterocycles. The van der Waals surface area contributed by atoms with Crippen molar-refractivity contribution in [3.05, 3.63) is 34.3 Å². The minimum absolute atomic E-state index is 0.673. The Balaban J connectivity index is 2.53. The molecule has 0 spiro atoms. The van der Waals surface area contributed by atoms with Gasteiger partial charge in [0.2, 0.25) is 0 Å². The van der Waals surface area contributed by atoms with Crippen LogP contribution in [0, 0.1) is 11.8 Å². The van der Waals surface area contributed by atoms with Crippen LogP contribution in [0.25, 0.3) is 0 Å². The van der Waals surface area contributed by atoms with E-state index in [-0.39, 0.29) is 0 Å². The Labute approximate surface area is 121 Å². The summed E-state index contributed by atoms with van der Waals surface area (Å²) < 4.78 is 6.29. The van der Waals surface area contributed by atoms with Crippen LogP contribution in [0.1, 0.15) is 18.9 Å². The van der Waals surface area contributed by atoms with Gasteiger partial charge in [-0.15, -0.1) is 0 Å². The molecule has 0 bridgehead atoms. The monoisotopic (exact) mass is 362 g/mol. The van der Waals surface area contributed by atoms with Crippen LogP contribution in [0.2, 0.25) is 0 Å². The van der Waals surface area contributed by atoms with Crippen molar-refractivity contribution in [3.63, 3.8) is 0 Å². The number of halogens is 2. The number of methoxy groups -OCH3 is 1. The molecule has 0 aromatic heterocycles. The number of alkyl halides is 1. The summed E-state index contributed by atoms with van der Waals surface area (Å²) in [5.41, 5.74) is 1.40. The predicted octanol–water partition coefficient (Wildman–Crippen LogP) is 4.68. The van der Waals surface area contributed by atoms with E-state index in [1.165, 1.54) is 5.56 Å². The molecule has 2 atom stereocenters. The van der Waals surface area contributed by atoms with E-state index in [1.54, 1.807) is 7.11 Å². The first kappa shape index (κ1) is 15.2. The average Bonchev–Trinajstić information content (AvgIpc) is 2.35. The molecule has 0 heterocycles. The average molecular weight is 364 g/mol. The first-order valence-electron chi connectivity index (χ1n) is 5.96. The van der Waals surface area contributed by atoms with E-state index in [2.05, 4.69) is 63.0 Å². The van der Waals surface area contributed by atoms with Gasteiger partial charge in [-0.05, 0) is 42.4 Å². The maximum Gasteiger partial charge on any atom is 0.0464 e. The zero-order chi connectivity index (χ0) is 12.7. The molecule has 96 valence electrons. The summed E-state index contributed by atoms with van der Waals surface area (Å²) in [5, 5.41) is 1.05. The lowest BCUT2D eigenvalue weighted by atomic mass is 9.88. The van der Waals surface area contributed by atoms with E-state index in [4.69, 9.17) is 4.74 Å². The molecule has 0 saturated carbocycles. The van der Waals surface area contributed by atoms with Crippen molar-refractivity contribution in [2.24, 2.45) is 11.8 Å². The third-order valence-corrected chi connectivity index (χ3v) is 4.55. The smallest absolute Gasteiger partial charge is 0.0464 e. The van der Waals surface area contributed by atoms with E-state index in [0.29, 0.717) is 11.8 Å². The molecule has 0 fully saturated rings. The molecule has 0 radical (unpaired) electrons. The number of rotatable bonds is 7. The quantitative estimate of drug-likeness (QED) is 0.639. The van der Waals surface area contributed by atoms with Crippen LogP contribution in [-0.4, -0.2) is 19.0 Å². The van der Waals surface area contributed by atoms with Gasteiger partial charge in [-0.1, -0.05) is 50.9 Å². The van der Waals surface area contributed by atoms with E-state index in [0.717, 1.165) is 29.3 Å². The van der Waals surface area contributed by atoms with E-state index < -0.39 is 0 Å². The SMILES string of the molecule is COCCC(C)C(CBr)Cc1ccc(Br)cc1. The van der Waals surface area contributed by atoms with Crippen LogP contribution < -0.4 is 0 Å². The van der Waals surface area contributed by atoms with E-state index in [9.17, 15) is 0 Å². The third-order valence-electron chi connectivity index (χ3n) is 3.19. The summed E-state index contributed by atoms with van der Waals surface area (Å²) in [6, 6.07) is 8.62. The zero-order valence-corrected chi connectivity index (χ0v) is 13.6. The van der Waals surface area contributed by atoms with Crippen molar-refractivity contribution >= 4 is 31.9 Å². The highest BCUT2D eigenvalue weighted by Gasteiger charge is 2.16. The van der Waals surface area contributed by atoms with Gasteiger partial charge in [0.25, 0.3) is 0 Å². The molecule has 1 nitrogen and oxygen atoms in total. The molecule has 3 heteroatoms. The fourth-order valence-corrected chi connectivity index (χ4v) is 3.00. The second-order valence-corrected chi connectivity index (χ2v) is 6.07. The summed E-state index contributed by atoms with van der Waals surface area (Å²) in [7, 11) is 1.77. The Bertz CT molecular complexity index is 311. The number of benzene rings is 1. The normalized spacial score (nSPS) is 14.6. The number of ether oxygens (including phenoxy) is 1. The van der Waals surface area contributed by atoms with Crippen molar-refractivity contribution in [2.45, 2.75) is 19.8 Å². The molecule has 0 N–H and O–H groups in total. The highest BCUT2D eigenvalue weighted by Crippen LogP contribution is 2.23. The maximum absolute atomic E-state index is 5.15. The topological polar surface area (TPSA) is 9.23 Å². The van der Waals surface area contributed by atoms with Crippen LogP contribution >= 0.6 is 31.9 Å². The van der Waals surface area contributed by atoms with E-state index >= 15 is 0 Å². The number of hydrogen-bond donors (Lipinski definition) is 0. The highest BCUT2D eigenvalue weighted by molar-refractivity contribution is 9.10. The second kappa shape index (κ2) is 8.28. The number of hydrogen-bond acceptors (Lipinski definition) is 1. The molecular weight excluding hydrogens is 344 g/mol. The van der Waals surface area contributed by atoms with Crippen LogP contribution in [-0.2, 0) is 11.2 Å². The highest BCUT2D eigenvalue weighted by atomic mass is 79.9. The maximum atomic E-state index is 5.15. The molecule has 1 rings (SSSR count). The van der Waals surface area contributed by atoms with Crippen LogP contribution in [0.3, 0.4) is 0 Å². The Morgan fingerprint density at radius 1 is 1.24 bits per heavy atom. The Hall–Kier alpha value is 0.140. The standard InChI is InChI=1S/C14H20Br2O/c1-11(7-8-17-2)13(10-15)9-12-3-5-14(16)6-4-12/h3-6,11,13H,7-10H2,1-2H3. The van der Waals surface area contributed by atoms with Gasteiger partial charge in [-0.25, -0.2) is 0 Å².